The molecule has 0 aromatic rings. The number of fused-ring (bicyclic) bond motifs is 5. The van der Waals surface area contributed by atoms with Crippen LogP contribution in [-0.4, -0.2) is 22.4 Å². The lowest BCUT2D eigenvalue weighted by atomic mass is 9.44. The molecule has 2 nitrogen and oxygen atoms in total. The molecule has 4 saturated carbocycles. The van der Waals surface area contributed by atoms with E-state index in [9.17, 15) is 10.2 Å². The highest BCUT2D eigenvalue weighted by molar-refractivity contribution is 5.06. The van der Waals surface area contributed by atoms with Crippen molar-refractivity contribution in [2.24, 2.45) is 46.8 Å². The summed E-state index contributed by atoms with van der Waals surface area (Å²) in [6.07, 6.45) is 13.0. The van der Waals surface area contributed by atoms with Gasteiger partial charge >= 0.3 is 0 Å². The van der Waals surface area contributed by atoms with Gasteiger partial charge in [0.05, 0.1) is 5.60 Å². The second-order valence-corrected chi connectivity index (χ2v) is 10.9. The molecule has 9 atom stereocenters. The third kappa shape index (κ3) is 3.00. The van der Waals surface area contributed by atoms with Crippen molar-refractivity contribution in [1.29, 1.82) is 0 Å². The number of hydrogen-bond acceptors (Lipinski definition) is 2. The molecule has 0 radical (unpaired) electrons. The van der Waals surface area contributed by atoms with Crippen molar-refractivity contribution in [2.75, 3.05) is 6.61 Å². The fourth-order valence-corrected chi connectivity index (χ4v) is 8.38. The summed E-state index contributed by atoms with van der Waals surface area (Å²) < 4.78 is 0. The van der Waals surface area contributed by atoms with Crippen LogP contribution in [-0.2, 0) is 0 Å². The Hall–Kier alpha value is -0.0800. The lowest BCUT2D eigenvalue weighted by Crippen LogP contribution is -2.54. The maximum atomic E-state index is 10.5. The fraction of sp³-hybridized carbons (Fsp3) is 1.00. The highest BCUT2D eigenvalue weighted by Crippen LogP contribution is 2.64. The third-order valence-electron chi connectivity index (χ3n) is 9.53. The van der Waals surface area contributed by atoms with E-state index in [4.69, 9.17) is 0 Å². The molecule has 0 amide bonds. The maximum absolute atomic E-state index is 10.5. The number of rotatable bonds is 2. The smallest absolute Gasteiger partial charge is 0.0622 e. The first-order valence-electron chi connectivity index (χ1n) is 11.2. The van der Waals surface area contributed by atoms with Crippen LogP contribution in [0.4, 0.5) is 0 Å². The standard InChI is InChI=1S/C23H40O2/c1-15(14-24)20-5-4-6-21-19-8-7-16-13-22(2,25)11-9-17(16)18(19)10-12-23(20,21)3/h15-21,24-25H,4-14H2,1-3H3/t15-,16-,17+,18-,19-,20-,21+,22-,23-/m1/s1. The van der Waals surface area contributed by atoms with Crippen molar-refractivity contribution >= 4 is 0 Å². The Kier molecular flexibility index (Phi) is 4.77. The van der Waals surface area contributed by atoms with Gasteiger partial charge in [-0.1, -0.05) is 20.3 Å². The van der Waals surface area contributed by atoms with Crippen LogP contribution in [0.25, 0.3) is 0 Å². The van der Waals surface area contributed by atoms with Crippen LogP contribution in [0.3, 0.4) is 0 Å². The molecule has 0 spiro atoms. The van der Waals surface area contributed by atoms with Gasteiger partial charge in [0, 0.05) is 6.61 Å². The van der Waals surface area contributed by atoms with E-state index in [1.807, 2.05) is 0 Å². The number of hydrogen-bond donors (Lipinski definition) is 2. The van der Waals surface area contributed by atoms with Crippen molar-refractivity contribution < 1.29 is 10.2 Å². The maximum Gasteiger partial charge on any atom is 0.0622 e. The number of aliphatic hydroxyl groups is 2. The summed E-state index contributed by atoms with van der Waals surface area (Å²) >= 11 is 0. The lowest BCUT2D eigenvalue weighted by molar-refractivity contribution is -0.136. The molecule has 0 bridgehead atoms. The van der Waals surface area contributed by atoms with Crippen molar-refractivity contribution in [1.82, 2.24) is 0 Å². The normalized spacial score (nSPS) is 54.1. The molecule has 0 aliphatic heterocycles. The molecule has 0 heterocycles. The zero-order valence-electron chi connectivity index (χ0n) is 16.7. The molecule has 4 fully saturated rings. The van der Waals surface area contributed by atoms with Gasteiger partial charge in [-0.3, -0.25) is 0 Å². The Labute approximate surface area is 154 Å². The first kappa shape index (κ1) is 18.3. The predicted octanol–water partition coefficient (Wildman–Crippen LogP) is 5.02. The molecular weight excluding hydrogens is 308 g/mol. The first-order valence-corrected chi connectivity index (χ1v) is 11.2. The van der Waals surface area contributed by atoms with Crippen molar-refractivity contribution in [3.8, 4) is 0 Å². The molecule has 25 heavy (non-hydrogen) atoms. The minimum absolute atomic E-state index is 0.362. The zero-order valence-corrected chi connectivity index (χ0v) is 16.7. The van der Waals surface area contributed by atoms with E-state index < -0.39 is 5.60 Å². The molecule has 0 aromatic carbocycles. The summed E-state index contributed by atoms with van der Waals surface area (Å²) in [5, 5.41) is 20.3. The van der Waals surface area contributed by atoms with E-state index >= 15 is 0 Å². The quantitative estimate of drug-likeness (QED) is 0.735. The molecule has 4 aliphatic rings. The minimum Gasteiger partial charge on any atom is -0.396 e. The van der Waals surface area contributed by atoms with Crippen molar-refractivity contribution in [2.45, 2.75) is 90.6 Å². The van der Waals surface area contributed by atoms with Crippen LogP contribution < -0.4 is 0 Å². The summed E-state index contributed by atoms with van der Waals surface area (Å²) in [6, 6.07) is 0. The van der Waals surface area contributed by atoms with Crippen LogP contribution in [0.15, 0.2) is 0 Å². The van der Waals surface area contributed by atoms with Crippen LogP contribution in [0.2, 0.25) is 0 Å². The van der Waals surface area contributed by atoms with Crippen molar-refractivity contribution in [3.05, 3.63) is 0 Å². The number of aliphatic hydroxyl groups excluding tert-OH is 1. The molecule has 0 unspecified atom stereocenters. The second-order valence-electron chi connectivity index (χ2n) is 10.9. The van der Waals surface area contributed by atoms with Crippen molar-refractivity contribution in [3.63, 3.8) is 0 Å². The summed E-state index contributed by atoms with van der Waals surface area (Å²) in [6.45, 7) is 7.29. The highest BCUT2D eigenvalue weighted by Gasteiger charge is 2.56. The van der Waals surface area contributed by atoms with Gasteiger partial charge in [0.15, 0.2) is 0 Å². The van der Waals surface area contributed by atoms with Gasteiger partial charge in [-0.2, -0.15) is 0 Å². The molecule has 0 aromatic heterocycles. The summed E-state index contributed by atoms with van der Waals surface area (Å²) in [7, 11) is 0. The molecular formula is C23H40O2. The van der Waals surface area contributed by atoms with Gasteiger partial charge in [-0.25, -0.2) is 0 Å². The highest BCUT2D eigenvalue weighted by atomic mass is 16.3. The average Bonchev–Trinajstić information content (AvgIpc) is 2.58. The average molecular weight is 349 g/mol. The molecule has 2 heteroatoms. The van der Waals surface area contributed by atoms with Crippen LogP contribution in [0.5, 0.6) is 0 Å². The van der Waals surface area contributed by atoms with Gasteiger partial charge in [0.25, 0.3) is 0 Å². The topological polar surface area (TPSA) is 40.5 Å². The van der Waals surface area contributed by atoms with Crippen LogP contribution in [0.1, 0.15) is 85.0 Å². The monoisotopic (exact) mass is 348 g/mol. The van der Waals surface area contributed by atoms with Crippen LogP contribution in [0, 0.1) is 46.8 Å². The Bertz CT molecular complexity index is 486. The van der Waals surface area contributed by atoms with E-state index in [2.05, 4.69) is 20.8 Å². The van der Waals surface area contributed by atoms with Gasteiger partial charge < -0.3 is 10.2 Å². The Morgan fingerprint density at radius 2 is 1.68 bits per heavy atom. The van der Waals surface area contributed by atoms with E-state index in [0.717, 1.165) is 48.3 Å². The van der Waals surface area contributed by atoms with Gasteiger partial charge in [-0.15, -0.1) is 0 Å². The first-order chi connectivity index (χ1) is 11.9. The molecule has 4 rings (SSSR count). The third-order valence-corrected chi connectivity index (χ3v) is 9.53. The van der Waals surface area contributed by atoms with E-state index in [0.29, 0.717) is 17.9 Å². The zero-order chi connectivity index (χ0) is 17.8. The van der Waals surface area contributed by atoms with Gasteiger partial charge in [0.2, 0.25) is 0 Å². The molecule has 144 valence electrons. The lowest BCUT2D eigenvalue weighted by Gasteiger charge is -2.61. The second kappa shape index (κ2) is 6.51. The van der Waals surface area contributed by atoms with Gasteiger partial charge in [-0.05, 0) is 112 Å². The summed E-state index contributed by atoms with van der Waals surface area (Å²) in [5.74, 6) is 5.60. The molecule has 0 saturated heterocycles. The Morgan fingerprint density at radius 1 is 0.920 bits per heavy atom. The van der Waals surface area contributed by atoms with E-state index in [-0.39, 0.29) is 0 Å². The minimum atomic E-state index is -0.399. The van der Waals surface area contributed by atoms with Crippen LogP contribution >= 0.6 is 0 Å². The largest absolute Gasteiger partial charge is 0.396 e. The summed E-state index contributed by atoms with van der Waals surface area (Å²) in [4.78, 5) is 0. The Morgan fingerprint density at radius 3 is 2.44 bits per heavy atom. The summed E-state index contributed by atoms with van der Waals surface area (Å²) in [5.41, 5.74) is 0.0677. The Balaban J connectivity index is 1.55. The molecule has 4 aliphatic carbocycles. The molecule has 2 N–H and O–H groups in total. The predicted molar refractivity (Wildman–Crippen MR) is 102 cm³/mol. The SMILES string of the molecule is C[C@H](CO)[C@H]1CCC[C@H]2[C@@H]3CC[C@@H]4C[C@](C)(O)CC[C@@H]4[C@H]3CC[C@]12C. The van der Waals surface area contributed by atoms with E-state index in [1.54, 1.807) is 0 Å². The van der Waals surface area contributed by atoms with Gasteiger partial charge in [0.1, 0.15) is 0 Å². The fourth-order valence-electron chi connectivity index (χ4n) is 8.38. The van der Waals surface area contributed by atoms with E-state index in [1.165, 1.54) is 51.4 Å².